The standard InChI is InChI=1S/C27H32FN3O3/c1-30(21-11-3-2-4-12-21)17-9-16-29-26(32)19-31-23-14-7-8-15-24(23)34-25(27(31)33)18-20-10-5-6-13-22(20)28/h5-8,10,13-15,18,21H,2-4,9,11-12,16-17,19H2,1H3,(H,29,32)/b25-18-. The number of rotatable bonds is 8. The van der Waals surface area contributed by atoms with Crippen molar-refractivity contribution >= 4 is 23.6 Å². The zero-order valence-corrected chi connectivity index (χ0v) is 19.6. The first-order chi connectivity index (χ1) is 16.5. The van der Waals surface area contributed by atoms with Gasteiger partial charge in [0.2, 0.25) is 5.91 Å². The number of amides is 2. The number of halogens is 1. The molecule has 6 nitrogen and oxygen atoms in total. The maximum atomic E-state index is 14.1. The highest BCUT2D eigenvalue weighted by atomic mass is 19.1. The number of ether oxygens (including phenoxy) is 1. The number of nitrogens with zero attached hydrogens (tertiary/aromatic N) is 2. The lowest BCUT2D eigenvalue weighted by molar-refractivity contribution is -0.123. The van der Waals surface area contributed by atoms with Gasteiger partial charge in [0.1, 0.15) is 12.4 Å². The van der Waals surface area contributed by atoms with Crippen molar-refractivity contribution in [2.75, 3.05) is 31.6 Å². The molecular weight excluding hydrogens is 433 g/mol. The second-order valence-corrected chi connectivity index (χ2v) is 8.97. The summed E-state index contributed by atoms with van der Waals surface area (Å²) in [5.41, 5.74) is 0.766. The van der Waals surface area contributed by atoms with E-state index in [2.05, 4.69) is 17.3 Å². The van der Waals surface area contributed by atoms with Gasteiger partial charge < -0.3 is 15.0 Å². The first-order valence-electron chi connectivity index (χ1n) is 12.0. The zero-order chi connectivity index (χ0) is 23.9. The Morgan fingerprint density at radius 2 is 1.88 bits per heavy atom. The molecule has 1 saturated carbocycles. The molecule has 4 rings (SSSR count). The first-order valence-corrected chi connectivity index (χ1v) is 12.0. The molecule has 0 bridgehead atoms. The Morgan fingerprint density at radius 3 is 2.68 bits per heavy atom. The summed E-state index contributed by atoms with van der Waals surface area (Å²) in [6.45, 7) is 1.35. The van der Waals surface area contributed by atoms with Crippen LogP contribution in [0.15, 0.2) is 54.3 Å². The quantitative estimate of drug-likeness (QED) is 0.465. The molecule has 0 unspecified atom stereocenters. The Balaban J connectivity index is 1.37. The normalized spacial score (nSPS) is 17.6. The Labute approximate surface area is 200 Å². The van der Waals surface area contributed by atoms with E-state index >= 15 is 0 Å². The summed E-state index contributed by atoms with van der Waals surface area (Å²) < 4.78 is 19.9. The maximum absolute atomic E-state index is 14.1. The summed E-state index contributed by atoms with van der Waals surface area (Å²) in [6.07, 6.45) is 8.67. The molecule has 2 amide bonds. The lowest BCUT2D eigenvalue weighted by Gasteiger charge is -2.31. The van der Waals surface area contributed by atoms with Crippen LogP contribution in [0.1, 0.15) is 44.1 Å². The highest BCUT2D eigenvalue weighted by Crippen LogP contribution is 2.35. The summed E-state index contributed by atoms with van der Waals surface area (Å²) in [5, 5.41) is 2.93. The summed E-state index contributed by atoms with van der Waals surface area (Å²) in [4.78, 5) is 29.6. The highest BCUT2D eigenvalue weighted by Gasteiger charge is 2.31. The van der Waals surface area contributed by atoms with Crippen molar-refractivity contribution in [2.45, 2.75) is 44.6 Å². The molecule has 0 saturated heterocycles. The van der Waals surface area contributed by atoms with Gasteiger partial charge in [-0.2, -0.15) is 0 Å². The molecule has 7 heteroatoms. The third-order valence-corrected chi connectivity index (χ3v) is 6.53. The van der Waals surface area contributed by atoms with Gasteiger partial charge in [0.15, 0.2) is 11.5 Å². The number of nitrogens with one attached hydrogen (secondary N) is 1. The lowest BCUT2D eigenvalue weighted by Crippen LogP contribution is -2.44. The van der Waals surface area contributed by atoms with Crippen LogP contribution in [0.3, 0.4) is 0 Å². The topological polar surface area (TPSA) is 61.9 Å². The van der Waals surface area contributed by atoms with Gasteiger partial charge in [-0.1, -0.05) is 49.6 Å². The predicted molar refractivity (Wildman–Crippen MR) is 131 cm³/mol. The largest absolute Gasteiger partial charge is 0.449 e. The second kappa shape index (κ2) is 11.3. The van der Waals surface area contributed by atoms with Crippen molar-refractivity contribution in [2.24, 2.45) is 0 Å². The number of hydrogen-bond donors (Lipinski definition) is 1. The van der Waals surface area contributed by atoms with Crippen molar-refractivity contribution < 1.29 is 18.7 Å². The van der Waals surface area contributed by atoms with Gasteiger partial charge in [-0.25, -0.2) is 4.39 Å². The number of hydrogen-bond acceptors (Lipinski definition) is 4. The van der Waals surface area contributed by atoms with Gasteiger partial charge in [0.05, 0.1) is 5.69 Å². The molecule has 0 radical (unpaired) electrons. The minimum atomic E-state index is -0.478. The van der Waals surface area contributed by atoms with Crippen LogP contribution in [0.4, 0.5) is 10.1 Å². The Kier molecular flexibility index (Phi) is 7.95. The average Bonchev–Trinajstić information content (AvgIpc) is 2.86. The number of carbonyl (C=O) groups excluding carboxylic acids is 2. The first kappa shape index (κ1) is 24.0. The minimum absolute atomic E-state index is 0.0225. The van der Waals surface area contributed by atoms with Crippen LogP contribution in [0.5, 0.6) is 5.75 Å². The van der Waals surface area contributed by atoms with Crippen LogP contribution in [0.2, 0.25) is 0 Å². The molecule has 0 spiro atoms. The fourth-order valence-corrected chi connectivity index (χ4v) is 4.61. The molecule has 1 fully saturated rings. The predicted octanol–water partition coefficient (Wildman–Crippen LogP) is 4.36. The molecule has 0 atom stereocenters. The zero-order valence-electron chi connectivity index (χ0n) is 19.6. The van der Waals surface area contributed by atoms with Crippen molar-refractivity contribution in [3.05, 3.63) is 65.7 Å². The third-order valence-electron chi connectivity index (χ3n) is 6.53. The van der Waals surface area contributed by atoms with E-state index in [1.807, 2.05) is 0 Å². The molecule has 34 heavy (non-hydrogen) atoms. The highest BCUT2D eigenvalue weighted by molar-refractivity contribution is 6.12. The second-order valence-electron chi connectivity index (χ2n) is 8.97. The van der Waals surface area contributed by atoms with Crippen LogP contribution < -0.4 is 15.0 Å². The summed E-state index contributed by atoms with van der Waals surface area (Å²) in [6, 6.07) is 13.8. The van der Waals surface area contributed by atoms with E-state index in [4.69, 9.17) is 4.74 Å². The molecule has 2 aliphatic rings. The van der Waals surface area contributed by atoms with Crippen LogP contribution in [-0.2, 0) is 9.59 Å². The summed E-state index contributed by atoms with van der Waals surface area (Å²) >= 11 is 0. The van der Waals surface area contributed by atoms with E-state index < -0.39 is 11.7 Å². The molecule has 0 aromatic heterocycles. The van der Waals surface area contributed by atoms with E-state index in [0.29, 0.717) is 24.0 Å². The van der Waals surface area contributed by atoms with Gasteiger partial charge in [-0.15, -0.1) is 0 Å². The van der Waals surface area contributed by atoms with Crippen molar-refractivity contribution in [3.8, 4) is 5.75 Å². The average molecular weight is 466 g/mol. The van der Waals surface area contributed by atoms with E-state index in [9.17, 15) is 14.0 Å². The van der Waals surface area contributed by atoms with Crippen LogP contribution in [0.25, 0.3) is 6.08 Å². The number of fused-ring (bicyclic) bond motifs is 1. The Bertz CT molecular complexity index is 1050. The molecule has 1 heterocycles. The van der Waals surface area contributed by atoms with E-state index in [0.717, 1.165) is 13.0 Å². The number of para-hydroxylation sites is 2. The molecule has 2 aromatic carbocycles. The van der Waals surface area contributed by atoms with Gasteiger partial charge in [0, 0.05) is 18.2 Å². The van der Waals surface area contributed by atoms with Crippen LogP contribution >= 0.6 is 0 Å². The molecule has 1 N–H and O–H groups in total. The number of benzene rings is 2. The van der Waals surface area contributed by atoms with Gasteiger partial charge in [-0.3, -0.25) is 14.5 Å². The summed E-state index contributed by atoms with van der Waals surface area (Å²) in [7, 11) is 2.16. The molecular formula is C27H32FN3O3. The maximum Gasteiger partial charge on any atom is 0.294 e. The lowest BCUT2D eigenvalue weighted by atomic mass is 9.94. The van der Waals surface area contributed by atoms with Gasteiger partial charge in [0.25, 0.3) is 5.91 Å². The van der Waals surface area contributed by atoms with Gasteiger partial charge in [-0.05, 0) is 57.1 Å². The Morgan fingerprint density at radius 1 is 1.15 bits per heavy atom. The van der Waals surface area contributed by atoms with Gasteiger partial charge >= 0.3 is 0 Å². The van der Waals surface area contributed by atoms with E-state index in [1.54, 1.807) is 42.5 Å². The fraction of sp³-hybridized carbons (Fsp3) is 0.407. The summed E-state index contributed by atoms with van der Waals surface area (Å²) in [5.74, 6) is -0.741. The minimum Gasteiger partial charge on any atom is -0.449 e. The number of carbonyl (C=O) groups is 2. The Hall–Kier alpha value is -3.19. The number of anilines is 1. The van der Waals surface area contributed by atoms with Crippen molar-refractivity contribution in [3.63, 3.8) is 0 Å². The third kappa shape index (κ3) is 5.83. The van der Waals surface area contributed by atoms with Crippen molar-refractivity contribution in [1.82, 2.24) is 10.2 Å². The molecule has 1 aliphatic carbocycles. The van der Waals surface area contributed by atoms with E-state index in [1.165, 1.54) is 49.1 Å². The molecule has 1 aliphatic heterocycles. The smallest absolute Gasteiger partial charge is 0.294 e. The molecule has 180 valence electrons. The SMILES string of the molecule is CN(CCCNC(=O)CN1C(=O)/C(=C/c2ccccc2F)Oc2ccccc21)C1CCCCC1. The fourth-order valence-electron chi connectivity index (χ4n) is 4.61. The van der Waals surface area contributed by atoms with Crippen molar-refractivity contribution in [1.29, 1.82) is 0 Å². The van der Waals surface area contributed by atoms with Crippen LogP contribution in [-0.4, -0.2) is 49.4 Å². The molecule has 2 aromatic rings. The van der Waals surface area contributed by atoms with E-state index in [-0.39, 0.29) is 23.8 Å². The van der Waals surface area contributed by atoms with Crippen LogP contribution in [0, 0.1) is 5.82 Å². The monoisotopic (exact) mass is 465 g/mol.